The van der Waals surface area contributed by atoms with Gasteiger partial charge < -0.3 is 10.4 Å². The third-order valence-electron chi connectivity index (χ3n) is 1.97. The van der Waals surface area contributed by atoms with Gasteiger partial charge in [0.2, 0.25) is 5.91 Å². The molecule has 0 unspecified atom stereocenters. The standard InChI is InChI=1S/C11H12F2N2O3/c1-15(6-11(17)18)5-10(16)14-9-3-7(12)2-8(13)4-9/h2-4H,5-6H2,1H3,(H,14,16)(H,17,18). The third kappa shape index (κ3) is 4.88. The number of carbonyl (C=O) groups excluding carboxylic acids is 1. The van der Waals surface area contributed by atoms with Gasteiger partial charge in [0.25, 0.3) is 0 Å². The van der Waals surface area contributed by atoms with Crippen LogP contribution in [0.15, 0.2) is 18.2 Å². The lowest BCUT2D eigenvalue weighted by Gasteiger charge is -2.13. The first-order valence-electron chi connectivity index (χ1n) is 5.03. The Balaban J connectivity index is 2.56. The van der Waals surface area contributed by atoms with Gasteiger partial charge in [-0.2, -0.15) is 0 Å². The second-order valence-electron chi connectivity index (χ2n) is 3.77. The van der Waals surface area contributed by atoms with E-state index in [1.54, 1.807) is 0 Å². The Bertz CT molecular complexity index is 445. The average molecular weight is 258 g/mol. The molecule has 1 rings (SSSR count). The van der Waals surface area contributed by atoms with Gasteiger partial charge in [-0.1, -0.05) is 0 Å². The summed E-state index contributed by atoms with van der Waals surface area (Å²) in [5, 5.41) is 10.8. The summed E-state index contributed by atoms with van der Waals surface area (Å²) in [7, 11) is 1.44. The van der Waals surface area contributed by atoms with Gasteiger partial charge in [0.1, 0.15) is 11.6 Å². The van der Waals surface area contributed by atoms with E-state index in [0.717, 1.165) is 12.1 Å². The van der Waals surface area contributed by atoms with Crippen LogP contribution in [0.25, 0.3) is 0 Å². The van der Waals surface area contributed by atoms with Crippen molar-refractivity contribution in [2.24, 2.45) is 0 Å². The Morgan fingerprint density at radius 3 is 2.28 bits per heavy atom. The van der Waals surface area contributed by atoms with E-state index in [2.05, 4.69) is 5.32 Å². The van der Waals surface area contributed by atoms with Crippen LogP contribution >= 0.6 is 0 Å². The van der Waals surface area contributed by atoms with Crippen LogP contribution in [0, 0.1) is 11.6 Å². The highest BCUT2D eigenvalue weighted by Crippen LogP contribution is 2.12. The molecular formula is C11H12F2N2O3. The summed E-state index contributed by atoms with van der Waals surface area (Å²) in [5.74, 6) is -3.22. The summed E-state index contributed by atoms with van der Waals surface area (Å²) in [4.78, 5) is 23.1. The van der Waals surface area contributed by atoms with Crippen LogP contribution < -0.4 is 5.32 Å². The van der Waals surface area contributed by atoms with E-state index in [1.165, 1.54) is 11.9 Å². The molecular weight excluding hydrogens is 246 g/mol. The van der Waals surface area contributed by atoms with E-state index in [9.17, 15) is 18.4 Å². The minimum Gasteiger partial charge on any atom is -0.480 e. The molecule has 0 aromatic heterocycles. The molecule has 7 heteroatoms. The predicted octanol–water partition coefficient (Wildman–Crippen LogP) is 0.920. The van der Waals surface area contributed by atoms with Gasteiger partial charge >= 0.3 is 5.97 Å². The zero-order chi connectivity index (χ0) is 13.7. The molecule has 0 spiro atoms. The van der Waals surface area contributed by atoms with Gasteiger partial charge in [0, 0.05) is 11.8 Å². The Kier molecular flexibility index (Phi) is 4.73. The van der Waals surface area contributed by atoms with Crippen LogP contribution in [0.3, 0.4) is 0 Å². The summed E-state index contributed by atoms with van der Waals surface area (Å²) in [6.45, 7) is -0.491. The molecule has 0 heterocycles. The highest BCUT2D eigenvalue weighted by molar-refractivity contribution is 5.92. The second kappa shape index (κ2) is 6.06. The molecule has 2 N–H and O–H groups in total. The Hall–Kier alpha value is -2.02. The molecule has 0 atom stereocenters. The number of carboxylic acids is 1. The van der Waals surface area contributed by atoms with Crippen molar-refractivity contribution in [2.45, 2.75) is 0 Å². The first-order chi connectivity index (χ1) is 8.36. The maximum Gasteiger partial charge on any atom is 0.317 e. The minimum atomic E-state index is -1.07. The number of hydrogen-bond donors (Lipinski definition) is 2. The molecule has 98 valence electrons. The van der Waals surface area contributed by atoms with Crippen LogP contribution in [-0.2, 0) is 9.59 Å². The highest BCUT2D eigenvalue weighted by Gasteiger charge is 2.10. The van der Waals surface area contributed by atoms with E-state index in [0.29, 0.717) is 6.07 Å². The van der Waals surface area contributed by atoms with Crippen molar-refractivity contribution in [1.29, 1.82) is 0 Å². The van der Waals surface area contributed by atoms with Crippen molar-refractivity contribution < 1.29 is 23.5 Å². The monoisotopic (exact) mass is 258 g/mol. The summed E-state index contributed by atoms with van der Waals surface area (Å²) < 4.78 is 25.7. The maximum atomic E-state index is 12.8. The van der Waals surface area contributed by atoms with Gasteiger partial charge in [0.05, 0.1) is 13.1 Å². The molecule has 0 aliphatic rings. The zero-order valence-corrected chi connectivity index (χ0v) is 9.61. The molecule has 0 fully saturated rings. The highest BCUT2D eigenvalue weighted by atomic mass is 19.1. The van der Waals surface area contributed by atoms with Crippen LogP contribution in [-0.4, -0.2) is 42.0 Å². The molecule has 0 saturated carbocycles. The fourth-order valence-electron chi connectivity index (χ4n) is 1.36. The first kappa shape index (κ1) is 14.0. The first-order valence-corrected chi connectivity index (χ1v) is 5.03. The summed E-state index contributed by atoms with van der Waals surface area (Å²) in [5.41, 5.74) is -0.0128. The molecule has 0 saturated heterocycles. The van der Waals surface area contributed by atoms with Crippen LogP contribution in [0.2, 0.25) is 0 Å². The minimum absolute atomic E-state index is 0.0128. The normalized spacial score (nSPS) is 10.4. The van der Waals surface area contributed by atoms with Gasteiger partial charge in [-0.25, -0.2) is 8.78 Å². The molecule has 1 amide bonds. The zero-order valence-electron chi connectivity index (χ0n) is 9.61. The lowest BCUT2D eigenvalue weighted by Crippen LogP contribution is -2.33. The number of nitrogens with zero attached hydrogens (tertiary/aromatic N) is 1. The SMILES string of the molecule is CN(CC(=O)O)CC(=O)Nc1cc(F)cc(F)c1. The topological polar surface area (TPSA) is 69.6 Å². The number of carbonyl (C=O) groups is 2. The average Bonchev–Trinajstić information content (AvgIpc) is 2.12. The van der Waals surface area contributed by atoms with Crippen molar-refractivity contribution >= 4 is 17.6 Å². The molecule has 1 aromatic carbocycles. The molecule has 0 aliphatic carbocycles. The predicted molar refractivity (Wildman–Crippen MR) is 60.1 cm³/mol. The number of amides is 1. The summed E-state index contributed by atoms with van der Waals surface area (Å²) >= 11 is 0. The van der Waals surface area contributed by atoms with E-state index in [1.807, 2.05) is 0 Å². The Morgan fingerprint density at radius 1 is 1.22 bits per heavy atom. The quantitative estimate of drug-likeness (QED) is 0.824. The van der Waals surface area contributed by atoms with E-state index in [-0.39, 0.29) is 18.8 Å². The smallest absolute Gasteiger partial charge is 0.317 e. The second-order valence-corrected chi connectivity index (χ2v) is 3.77. The fraction of sp³-hybridized carbons (Fsp3) is 0.273. The van der Waals surface area contributed by atoms with Crippen molar-refractivity contribution in [2.75, 3.05) is 25.5 Å². The largest absolute Gasteiger partial charge is 0.480 e. The Labute approximate surface area is 102 Å². The molecule has 0 radical (unpaired) electrons. The number of carboxylic acid groups (broad SMARTS) is 1. The van der Waals surface area contributed by atoms with Crippen molar-refractivity contribution in [3.63, 3.8) is 0 Å². The summed E-state index contributed by atoms with van der Waals surface area (Å²) in [6, 6.07) is 2.63. The number of anilines is 1. The molecule has 5 nitrogen and oxygen atoms in total. The van der Waals surface area contributed by atoms with Crippen molar-refractivity contribution in [3.05, 3.63) is 29.8 Å². The van der Waals surface area contributed by atoms with Gasteiger partial charge in [-0.3, -0.25) is 14.5 Å². The molecule has 0 bridgehead atoms. The summed E-state index contributed by atoms with van der Waals surface area (Å²) in [6.07, 6.45) is 0. The molecule has 1 aromatic rings. The van der Waals surface area contributed by atoms with Crippen LogP contribution in [0.4, 0.5) is 14.5 Å². The maximum absolute atomic E-state index is 12.8. The fourth-order valence-corrected chi connectivity index (χ4v) is 1.36. The molecule has 18 heavy (non-hydrogen) atoms. The van der Waals surface area contributed by atoms with E-state index < -0.39 is 23.5 Å². The lowest BCUT2D eigenvalue weighted by molar-refractivity contribution is -0.138. The van der Waals surface area contributed by atoms with Gasteiger partial charge in [-0.15, -0.1) is 0 Å². The Morgan fingerprint density at radius 2 is 1.78 bits per heavy atom. The number of aliphatic carboxylic acids is 1. The number of likely N-dealkylation sites (N-methyl/N-ethyl adjacent to an activating group) is 1. The van der Waals surface area contributed by atoms with Crippen LogP contribution in [0.5, 0.6) is 0 Å². The van der Waals surface area contributed by atoms with E-state index in [4.69, 9.17) is 5.11 Å². The number of hydrogen-bond acceptors (Lipinski definition) is 3. The van der Waals surface area contributed by atoms with Crippen molar-refractivity contribution in [3.8, 4) is 0 Å². The van der Waals surface area contributed by atoms with E-state index >= 15 is 0 Å². The van der Waals surface area contributed by atoms with Gasteiger partial charge in [0.15, 0.2) is 0 Å². The van der Waals surface area contributed by atoms with Gasteiger partial charge in [-0.05, 0) is 19.2 Å². The third-order valence-corrected chi connectivity index (χ3v) is 1.97. The number of benzene rings is 1. The lowest BCUT2D eigenvalue weighted by atomic mass is 10.3. The molecule has 0 aliphatic heterocycles. The van der Waals surface area contributed by atoms with Crippen LogP contribution in [0.1, 0.15) is 0 Å². The number of halogens is 2. The number of nitrogens with one attached hydrogen (secondary N) is 1. The van der Waals surface area contributed by atoms with Crippen molar-refractivity contribution in [1.82, 2.24) is 4.90 Å². The number of rotatable bonds is 5.